The van der Waals surface area contributed by atoms with Crippen LogP contribution in [0.25, 0.3) is 0 Å². The highest BCUT2D eigenvalue weighted by Crippen LogP contribution is 2.25. The van der Waals surface area contributed by atoms with Crippen molar-refractivity contribution in [3.8, 4) is 5.75 Å². The molecule has 0 aliphatic heterocycles. The van der Waals surface area contributed by atoms with Gasteiger partial charge in [0.2, 0.25) is 0 Å². The summed E-state index contributed by atoms with van der Waals surface area (Å²) in [5.41, 5.74) is 0.568. The predicted molar refractivity (Wildman–Crippen MR) is 76.8 cm³/mol. The summed E-state index contributed by atoms with van der Waals surface area (Å²) in [6.45, 7) is 1.26. The number of nitrogens with one attached hydrogen (secondary N) is 1. The first-order chi connectivity index (χ1) is 9.95. The minimum absolute atomic E-state index is 0.0583. The number of halogens is 3. The Morgan fingerprint density at radius 3 is 2.67 bits per heavy atom. The number of aryl methyl sites for hydroxylation is 1. The summed E-state index contributed by atoms with van der Waals surface area (Å²) in [6.07, 6.45) is 0. The summed E-state index contributed by atoms with van der Waals surface area (Å²) in [5, 5.41) is 3.66. The van der Waals surface area contributed by atoms with Crippen LogP contribution in [0, 0.1) is 6.92 Å². The molecule has 1 unspecified atom stereocenters. The van der Waals surface area contributed by atoms with Gasteiger partial charge in [0.15, 0.2) is 0 Å². The molecule has 0 bridgehead atoms. The molecule has 0 saturated heterocycles. The van der Waals surface area contributed by atoms with Gasteiger partial charge in [-0.2, -0.15) is 8.78 Å². The zero-order valence-corrected chi connectivity index (χ0v) is 12.5. The highest BCUT2D eigenvalue weighted by molar-refractivity contribution is 6.30. The molecule has 0 aliphatic carbocycles. The van der Waals surface area contributed by atoms with E-state index in [0.29, 0.717) is 17.1 Å². The smallest absolute Gasteiger partial charge is 0.387 e. The Balaban J connectivity index is 2.06. The maximum Gasteiger partial charge on any atom is 0.387 e. The van der Waals surface area contributed by atoms with Crippen molar-refractivity contribution in [3.63, 3.8) is 0 Å². The number of furan rings is 1. The minimum Gasteiger partial charge on any atom is -0.465 e. The van der Waals surface area contributed by atoms with Gasteiger partial charge in [-0.15, -0.1) is 0 Å². The molecule has 0 amide bonds. The van der Waals surface area contributed by atoms with Gasteiger partial charge < -0.3 is 14.5 Å². The second-order valence-corrected chi connectivity index (χ2v) is 5.12. The Kier molecular flexibility index (Phi) is 5.20. The molecule has 6 heteroatoms. The molecule has 2 rings (SSSR count). The number of hydrogen-bond donors (Lipinski definition) is 1. The summed E-state index contributed by atoms with van der Waals surface area (Å²) in [6, 6.07) is 8.25. The molecule has 0 spiro atoms. The van der Waals surface area contributed by atoms with Crippen LogP contribution in [0.1, 0.15) is 30.0 Å². The van der Waals surface area contributed by atoms with E-state index in [1.165, 1.54) is 12.1 Å². The van der Waals surface area contributed by atoms with Crippen molar-refractivity contribution in [2.24, 2.45) is 0 Å². The average Bonchev–Trinajstić information content (AvgIpc) is 2.85. The molecule has 1 heterocycles. The Morgan fingerprint density at radius 2 is 2.05 bits per heavy atom. The van der Waals surface area contributed by atoms with Crippen molar-refractivity contribution < 1.29 is 17.9 Å². The maximum absolute atomic E-state index is 12.4. The van der Waals surface area contributed by atoms with Gasteiger partial charge in [-0.1, -0.05) is 11.6 Å². The molecule has 0 fully saturated rings. The molecule has 2 aromatic rings. The summed E-state index contributed by atoms with van der Waals surface area (Å²) in [5.74, 6) is 1.72. The van der Waals surface area contributed by atoms with Crippen LogP contribution in [0.5, 0.6) is 5.75 Å². The van der Waals surface area contributed by atoms with Gasteiger partial charge in [-0.25, -0.2) is 0 Å². The summed E-state index contributed by atoms with van der Waals surface area (Å²) in [4.78, 5) is 0. The van der Waals surface area contributed by atoms with E-state index >= 15 is 0 Å². The van der Waals surface area contributed by atoms with Gasteiger partial charge >= 0.3 is 6.61 Å². The van der Waals surface area contributed by atoms with Gasteiger partial charge in [-0.05, 0) is 44.2 Å². The summed E-state index contributed by atoms with van der Waals surface area (Å²) < 4.78 is 34.8. The Morgan fingerprint density at radius 1 is 1.29 bits per heavy atom. The molecular formula is C15H16ClF2NO2. The van der Waals surface area contributed by atoms with Crippen LogP contribution in [0.3, 0.4) is 0 Å². The van der Waals surface area contributed by atoms with Crippen molar-refractivity contribution in [1.82, 2.24) is 5.32 Å². The Hall–Kier alpha value is -1.59. The quantitative estimate of drug-likeness (QED) is 0.839. The lowest BCUT2D eigenvalue weighted by molar-refractivity contribution is -0.0505. The first-order valence-electron chi connectivity index (χ1n) is 6.48. The fourth-order valence-corrected chi connectivity index (χ4v) is 2.14. The summed E-state index contributed by atoms with van der Waals surface area (Å²) in [7, 11) is 0. The van der Waals surface area contributed by atoms with E-state index in [2.05, 4.69) is 10.1 Å². The van der Waals surface area contributed by atoms with Crippen LogP contribution >= 0.6 is 11.6 Å². The zero-order chi connectivity index (χ0) is 15.4. The van der Waals surface area contributed by atoms with E-state index in [1.54, 1.807) is 6.07 Å². The molecule has 21 heavy (non-hydrogen) atoms. The van der Waals surface area contributed by atoms with E-state index in [1.807, 2.05) is 26.0 Å². The van der Waals surface area contributed by atoms with E-state index in [-0.39, 0.29) is 11.8 Å². The van der Waals surface area contributed by atoms with Crippen molar-refractivity contribution in [2.75, 3.05) is 0 Å². The van der Waals surface area contributed by atoms with Crippen LogP contribution in [0.15, 0.2) is 34.7 Å². The third-order valence-corrected chi connectivity index (χ3v) is 3.26. The molecular weight excluding hydrogens is 300 g/mol. The lowest BCUT2D eigenvalue weighted by Gasteiger charge is -2.15. The molecule has 1 aromatic carbocycles. The normalized spacial score (nSPS) is 12.7. The number of rotatable bonds is 6. The van der Waals surface area contributed by atoms with E-state index in [4.69, 9.17) is 16.0 Å². The number of ether oxygens (including phenoxy) is 1. The number of alkyl halides is 2. The fraction of sp³-hybridized carbons (Fsp3) is 0.333. The largest absolute Gasteiger partial charge is 0.465 e. The maximum atomic E-state index is 12.4. The highest BCUT2D eigenvalue weighted by atomic mass is 35.5. The van der Waals surface area contributed by atoms with E-state index in [9.17, 15) is 8.78 Å². The van der Waals surface area contributed by atoms with Crippen molar-refractivity contribution >= 4 is 11.6 Å². The van der Waals surface area contributed by atoms with Crippen LogP contribution in [-0.2, 0) is 6.54 Å². The molecule has 1 aromatic heterocycles. The van der Waals surface area contributed by atoms with E-state index < -0.39 is 6.61 Å². The topological polar surface area (TPSA) is 34.4 Å². The lowest BCUT2D eigenvalue weighted by Crippen LogP contribution is -2.18. The SMILES string of the molecule is Cc1ccc(C(C)NCc2cc(Cl)ccc2OC(F)F)o1. The second-order valence-electron chi connectivity index (χ2n) is 4.68. The lowest BCUT2D eigenvalue weighted by atomic mass is 10.1. The predicted octanol–water partition coefficient (Wildman–Crippen LogP) is 4.69. The Bertz CT molecular complexity index is 601. The van der Waals surface area contributed by atoms with Crippen LogP contribution < -0.4 is 10.1 Å². The molecule has 0 aliphatic rings. The van der Waals surface area contributed by atoms with Crippen molar-refractivity contribution in [1.29, 1.82) is 0 Å². The van der Waals surface area contributed by atoms with Gasteiger partial charge in [0, 0.05) is 17.1 Å². The molecule has 0 radical (unpaired) electrons. The van der Waals surface area contributed by atoms with Gasteiger partial charge in [0.1, 0.15) is 17.3 Å². The van der Waals surface area contributed by atoms with Crippen molar-refractivity contribution in [2.45, 2.75) is 33.0 Å². The second kappa shape index (κ2) is 6.91. The minimum atomic E-state index is -2.87. The van der Waals surface area contributed by atoms with Gasteiger partial charge in [0.05, 0.1) is 6.04 Å². The van der Waals surface area contributed by atoms with Crippen LogP contribution in [0.4, 0.5) is 8.78 Å². The third-order valence-electron chi connectivity index (χ3n) is 3.03. The molecule has 114 valence electrons. The number of benzene rings is 1. The third kappa shape index (κ3) is 4.44. The zero-order valence-electron chi connectivity index (χ0n) is 11.7. The van der Waals surface area contributed by atoms with Gasteiger partial charge in [-0.3, -0.25) is 0 Å². The molecule has 3 nitrogen and oxygen atoms in total. The highest BCUT2D eigenvalue weighted by Gasteiger charge is 2.13. The first kappa shape index (κ1) is 15.8. The summed E-state index contributed by atoms with van der Waals surface area (Å²) >= 11 is 5.90. The van der Waals surface area contributed by atoms with Gasteiger partial charge in [0.25, 0.3) is 0 Å². The molecule has 0 saturated carbocycles. The van der Waals surface area contributed by atoms with E-state index in [0.717, 1.165) is 11.5 Å². The van der Waals surface area contributed by atoms with Crippen molar-refractivity contribution in [3.05, 3.63) is 52.4 Å². The first-order valence-corrected chi connectivity index (χ1v) is 6.86. The molecule has 1 N–H and O–H groups in total. The average molecular weight is 316 g/mol. The van der Waals surface area contributed by atoms with Crippen LogP contribution in [-0.4, -0.2) is 6.61 Å². The Labute approximate surface area is 126 Å². The number of hydrogen-bond acceptors (Lipinski definition) is 3. The fourth-order valence-electron chi connectivity index (χ4n) is 1.95. The standard InChI is InChI=1S/C15H16ClF2NO2/c1-9-3-5-13(20-9)10(2)19-8-11-7-12(16)4-6-14(11)21-15(17)18/h3-7,10,15,19H,8H2,1-2H3. The molecule has 1 atom stereocenters. The monoisotopic (exact) mass is 315 g/mol. The van der Waals surface area contributed by atoms with Crippen LogP contribution in [0.2, 0.25) is 5.02 Å².